The number of nitrogens with two attached hydrogens (primary N) is 1. The van der Waals surface area contributed by atoms with Gasteiger partial charge in [-0.3, -0.25) is 9.59 Å². The Hall–Kier alpha value is -2.82. The van der Waals surface area contributed by atoms with E-state index in [1.807, 2.05) is 0 Å². The Morgan fingerprint density at radius 1 is 0.958 bits per heavy atom. The predicted octanol–water partition coefficient (Wildman–Crippen LogP) is 3.61. The van der Waals surface area contributed by atoms with E-state index in [1.54, 1.807) is 48.5 Å². The summed E-state index contributed by atoms with van der Waals surface area (Å²) in [5.41, 5.74) is 6.72. The molecule has 2 aromatic carbocycles. The van der Waals surface area contributed by atoms with Gasteiger partial charge >= 0.3 is 0 Å². The molecule has 0 heterocycles. The molecule has 0 aliphatic heterocycles. The molecule has 0 aromatic heterocycles. The molecule has 0 fully saturated rings. The van der Waals surface area contributed by atoms with Crippen LogP contribution in [0.1, 0.15) is 46.9 Å². The Balaban J connectivity index is 1.91. The van der Waals surface area contributed by atoms with Crippen LogP contribution in [0.5, 0.6) is 5.75 Å². The van der Waals surface area contributed by atoms with Gasteiger partial charge in [-0.1, -0.05) is 19.8 Å². The minimum absolute atomic E-state index is 0.223. The summed E-state index contributed by atoms with van der Waals surface area (Å²) in [6, 6.07) is 13.5. The van der Waals surface area contributed by atoms with Crippen LogP contribution in [0, 0.1) is 0 Å². The first-order valence-corrected chi connectivity index (χ1v) is 8.04. The van der Waals surface area contributed by atoms with E-state index < -0.39 is 5.91 Å². The molecule has 5 nitrogen and oxygen atoms in total. The van der Waals surface area contributed by atoms with Crippen LogP contribution >= 0.6 is 0 Å². The van der Waals surface area contributed by atoms with E-state index in [2.05, 4.69) is 12.2 Å². The number of anilines is 1. The van der Waals surface area contributed by atoms with Crippen molar-refractivity contribution in [3.05, 3.63) is 59.7 Å². The quantitative estimate of drug-likeness (QED) is 0.727. The first-order chi connectivity index (χ1) is 11.6. The lowest BCUT2D eigenvalue weighted by Crippen LogP contribution is -2.13. The molecule has 0 aliphatic carbocycles. The summed E-state index contributed by atoms with van der Waals surface area (Å²) in [7, 11) is 0. The number of benzene rings is 2. The number of primary amides is 1. The number of carbonyl (C=O) groups is 2. The highest BCUT2D eigenvalue weighted by Gasteiger charge is 2.07. The van der Waals surface area contributed by atoms with Crippen LogP contribution in [0.3, 0.4) is 0 Å². The number of hydrogen-bond acceptors (Lipinski definition) is 3. The van der Waals surface area contributed by atoms with Gasteiger partial charge in [-0.05, 0) is 55.0 Å². The van der Waals surface area contributed by atoms with E-state index in [4.69, 9.17) is 10.5 Å². The highest BCUT2D eigenvalue weighted by Crippen LogP contribution is 2.15. The fourth-order valence-electron chi connectivity index (χ4n) is 2.17. The third-order valence-corrected chi connectivity index (χ3v) is 3.56. The molecule has 0 atom stereocenters. The van der Waals surface area contributed by atoms with Crippen molar-refractivity contribution in [2.75, 3.05) is 11.9 Å². The Labute approximate surface area is 141 Å². The Morgan fingerprint density at radius 2 is 1.58 bits per heavy atom. The van der Waals surface area contributed by atoms with Gasteiger partial charge in [-0.25, -0.2) is 0 Å². The van der Waals surface area contributed by atoms with Crippen molar-refractivity contribution in [1.29, 1.82) is 0 Å². The zero-order valence-corrected chi connectivity index (χ0v) is 13.7. The van der Waals surface area contributed by atoms with E-state index in [0.29, 0.717) is 23.4 Å². The van der Waals surface area contributed by atoms with Crippen molar-refractivity contribution in [1.82, 2.24) is 0 Å². The van der Waals surface area contributed by atoms with Crippen LogP contribution < -0.4 is 15.8 Å². The number of nitrogens with one attached hydrogen (secondary N) is 1. The molecule has 0 saturated heterocycles. The molecule has 0 aliphatic rings. The molecule has 0 spiro atoms. The smallest absolute Gasteiger partial charge is 0.255 e. The fourth-order valence-corrected chi connectivity index (χ4v) is 2.17. The monoisotopic (exact) mass is 326 g/mol. The third-order valence-electron chi connectivity index (χ3n) is 3.56. The minimum Gasteiger partial charge on any atom is -0.494 e. The van der Waals surface area contributed by atoms with E-state index in [9.17, 15) is 9.59 Å². The molecule has 126 valence electrons. The Kier molecular flexibility index (Phi) is 6.37. The SMILES string of the molecule is CCCCCOc1ccc(C(=O)Nc2ccc(C(N)=O)cc2)cc1. The summed E-state index contributed by atoms with van der Waals surface area (Å²) < 4.78 is 5.62. The molecule has 0 unspecified atom stereocenters. The highest BCUT2D eigenvalue weighted by molar-refractivity contribution is 6.04. The lowest BCUT2D eigenvalue weighted by Gasteiger charge is -2.08. The number of carbonyl (C=O) groups excluding carboxylic acids is 2. The van der Waals surface area contributed by atoms with Crippen molar-refractivity contribution >= 4 is 17.5 Å². The summed E-state index contributed by atoms with van der Waals surface area (Å²) in [4.78, 5) is 23.2. The number of amides is 2. The molecule has 0 radical (unpaired) electrons. The maximum Gasteiger partial charge on any atom is 0.255 e. The van der Waals surface area contributed by atoms with Gasteiger partial charge < -0.3 is 15.8 Å². The van der Waals surface area contributed by atoms with E-state index in [1.165, 1.54) is 0 Å². The van der Waals surface area contributed by atoms with Crippen LogP contribution in [-0.4, -0.2) is 18.4 Å². The van der Waals surface area contributed by atoms with Gasteiger partial charge in [0.2, 0.25) is 5.91 Å². The second-order valence-corrected chi connectivity index (χ2v) is 5.48. The first-order valence-electron chi connectivity index (χ1n) is 8.04. The molecular weight excluding hydrogens is 304 g/mol. The Morgan fingerprint density at radius 3 is 2.17 bits per heavy atom. The van der Waals surface area contributed by atoms with Crippen LogP contribution in [0.2, 0.25) is 0 Å². The summed E-state index contributed by atoms with van der Waals surface area (Å²) in [5.74, 6) is 0.0372. The van der Waals surface area contributed by atoms with Crippen LogP contribution in [-0.2, 0) is 0 Å². The van der Waals surface area contributed by atoms with Gasteiger partial charge in [0.15, 0.2) is 0 Å². The standard InChI is InChI=1S/C19H22N2O3/c1-2-3-4-13-24-17-11-7-15(8-12-17)19(23)21-16-9-5-14(6-10-16)18(20)22/h5-12H,2-4,13H2,1H3,(H2,20,22)(H,21,23). The van der Waals surface area contributed by atoms with Gasteiger partial charge in [-0.2, -0.15) is 0 Å². The molecule has 2 rings (SSSR count). The van der Waals surface area contributed by atoms with E-state index >= 15 is 0 Å². The molecule has 24 heavy (non-hydrogen) atoms. The van der Waals surface area contributed by atoms with Gasteiger partial charge in [-0.15, -0.1) is 0 Å². The molecule has 0 bridgehead atoms. The highest BCUT2D eigenvalue weighted by atomic mass is 16.5. The second-order valence-electron chi connectivity index (χ2n) is 5.48. The number of hydrogen-bond donors (Lipinski definition) is 2. The summed E-state index contributed by atoms with van der Waals surface area (Å²) in [5, 5.41) is 2.77. The van der Waals surface area contributed by atoms with Crippen molar-refractivity contribution in [3.8, 4) is 5.75 Å². The van der Waals surface area contributed by atoms with Gasteiger partial charge in [0.1, 0.15) is 5.75 Å². The topological polar surface area (TPSA) is 81.4 Å². The lowest BCUT2D eigenvalue weighted by molar-refractivity contribution is 0.0998. The van der Waals surface area contributed by atoms with Crippen molar-refractivity contribution < 1.29 is 14.3 Å². The molecule has 2 aromatic rings. The summed E-state index contributed by atoms with van der Waals surface area (Å²) >= 11 is 0. The molecule has 2 amide bonds. The normalized spacial score (nSPS) is 10.2. The maximum absolute atomic E-state index is 12.2. The van der Waals surface area contributed by atoms with Crippen molar-refractivity contribution in [3.63, 3.8) is 0 Å². The third kappa shape index (κ3) is 5.12. The van der Waals surface area contributed by atoms with Crippen molar-refractivity contribution in [2.24, 2.45) is 5.73 Å². The predicted molar refractivity (Wildman–Crippen MR) is 94.4 cm³/mol. The minimum atomic E-state index is -0.498. The molecule has 5 heteroatoms. The van der Waals surface area contributed by atoms with Gasteiger partial charge in [0.25, 0.3) is 5.91 Å². The average molecular weight is 326 g/mol. The molecular formula is C19H22N2O3. The average Bonchev–Trinajstić information content (AvgIpc) is 2.59. The number of ether oxygens (including phenoxy) is 1. The zero-order chi connectivity index (χ0) is 17.4. The maximum atomic E-state index is 12.2. The van der Waals surface area contributed by atoms with Gasteiger partial charge in [0, 0.05) is 16.8 Å². The first kappa shape index (κ1) is 17.5. The van der Waals surface area contributed by atoms with E-state index in [-0.39, 0.29) is 5.91 Å². The summed E-state index contributed by atoms with van der Waals surface area (Å²) in [6.45, 7) is 2.83. The molecule has 0 saturated carbocycles. The second kappa shape index (κ2) is 8.72. The molecule has 3 N–H and O–H groups in total. The number of unbranched alkanes of at least 4 members (excludes halogenated alkanes) is 2. The number of rotatable bonds is 8. The van der Waals surface area contributed by atoms with Gasteiger partial charge in [0.05, 0.1) is 6.61 Å². The lowest BCUT2D eigenvalue weighted by atomic mass is 10.1. The van der Waals surface area contributed by atoms with Crippen molar-refractivity contribution in [2.45, 2.75) is 26.2 Å². The van der Waals surface area contributed by atoms with Crippen LogP contribution in [0.4, 0.5) is 5.69 Å². The van der Waals surface area contributed by atoms with Crippen LogP contribution in [0.25, 0.3) is 0 Å². The zero-order valence-electron chi connectivity index (χ0n) is 13.7. The largest absolute Gasteiger partial charge is 0.494 e. The Bertz CT molecular complexity index is 679. The summed E-state index contributed by atoms with van der Waals surface area (Å²) in [6.07, 6.45) is 3.33. The van der Waals surface area contributed by atoms with E-state index in [0.717, 1.165) is 25.0 Å². The fraction of sp³-hybridized carbons (Fsp3) is 0.263. The van der Waals surface area contributed by atoms with Crippen LogP contribution in [0.15, 0.2) is 48.5 Å².